The van der Waals surface area contributed by atoms with Crippen molar-refractivity contribution in [1.29, 1.82) is 0 Å². The van der Waals surface area contributed by atoms with Gasteiger partial charge < -0.3 is 19.9 Å². The maximum absolute atomic E-state index is 12.0. The van der Waals surface area contributed by atoms with Crippen molar-refractivity contribution in [2.45, 2.75) is 26.8 Å². The van der Waals surface area contributed by atoms with E-state index in [9.17, 15) is 9.59 Å². The number of hydrogen-bond donors (Lipinski definition) is 2. The smallest absolute Gasteiger partial charge is 0.325 e. The summed E-state index contributed by atoms with van der Waals surface area (Å²) in [4.78, 5) is 22.8. The van der Waals surface area contributed by atoms with Crippen molar-refractivity contribution in [3.63, 3.8) is 0 Å². The Morgan fingerprint density at radius 2 is 1.95 bits per heavy atom. The van der Waals surface area contributed by atoms with Crippen LogP contribution in [0.5, 0.6) is 11.5 Å². The van der Waals surface area contributed by atoms with E-state index in [1.165, 1.54) is 6.92 Å². The van der Waals surface area contributed by atoms with Gasteiger partial charge in [0.25, 0.3) is 0 Å². The number of rotatable bonds is 7. The van der Waals surface area contributed by atoms with E-state index < -0.39 is 17.4 Å². The quantitative estimate of drug-likeness (QED) is 0.799. The highest BCUT2D eigenvalue weighted by molar-refractivity contribution is 5.86. The molecule has 0 heterocycles. The van der Waals surface area contributed by atoms with Crippen LogP contribution in [0, 0.1) is 5.41 Å². The van der Waals surface area contributed by atoms with Gasteiger partial charge in [0.2, 0.25) is 5.91 Å². The SMILES string of the molecule is COc1cccc(OCC(C)(C)C(=O)NC(C)C(=O)O)c1. The molecule has 0 aliphatic rings. The van der Waals surface area contributed by atoms with Crippen LogP contribution < -0.4 is 14.8 Å². The third-order valence-corrected chi connectivity index (χ3v) is 2.97. The minimum absolute atomic E-state index is 0.123. The fraction of sp³-hybridized carbons (Fsp3) is 0.467. The van der Waals surface area contributed by atoms with Gasteiger partial charge in [-0.05, 0) is 32.9 Å². The van der Waals surface area contributed by atoms with Crippen LogP contribution >= 0.6 is 0 Å². The number of ether oxygens (including phenoxy) is 2. The molecule has 21 heavy (non-hydrogen) atoms. The molecule has 6 nitrogen and oxygen atoms in total. The summed E-state index contributed by atoms with van der Waals surface area (Å²) in [6.07, 6.45) is 0. The van der Waals surface area contributed by atoms with E-state index in [4.69, 9.17) is 14.6 Å². The lowest BCUT2D eigenvalue weighted by Crippen LogP contribution is -2.47. The van der Waals surface area contributed by atoms with Crippen LogP contribution in [-0.2, 0) is 9.59 Å². The summed E-state index contributed by atoms with van der Waals surface area (Å²) in [7, 11) is 1.56. The average molecular weight is 295 g/mol. The monoisotopic (exact) mass is 295 g/mol. The van der Waals surface area contributed by atoms with Crippen LogP contribution in [-0.4, -0.2) is 36.7 Å². The van der Waals surface area contributed by atoms with Crippen LogP contribution in [0.15, 0.2) is 24.3 Å². The molecule has 0 saturated heterocycles. The van der Waals surface area contributed by atoms with Crippen LogP contribution in [0.4, 0.5) is 0 Å². The molecule has 2 N–H and O–H groups in total. The molecule has 1 atom stereocenters. The van der Waals surface area contributed by atoms with Gasteiger partial charge in [0.05, 0.1) is 12.5 Å². The average Bonchev–Trinajstić information content (AvgIpc) is 2.45. The lowest BCUT2D eigenvalue weighted by atomic mass is 9.93. The van der Waals surface area contributed by atoms with Gasteiger partial charge >= 0.3 is 5.97 Å². The molecule has 0 aromatic heterocycles. The molecule has 0 aliphatic heterocycles. The zero-order valence-electron chi connectivity index (χ0n) is 12.7. The van der Waals surface area contributed by atoms with Crippen molar-refractivity contribution in [2.24, 2.45) is 5.41 Å². The summed E-state index contributed by atoms with van der Waals surface area (Å²) in [5.41, 5.74) is -0.854. The molecule has 1 unspecified atom stereocenters. The first-order chi connectivity index (χ1) is 9.76. The van der Waals surface area contributed by atoms with Gasteiger partial charge in [-0.2, -0.15) is 0 Å². The number of carbonyl (C=O) groups is 2. The summed E-state index contributed by atoms with van der Waals surface area (Å²) in [6, 6.07) is 6.12. The second kappa shape index (κ2) is 6.97. The summed E-state index contributed by atoms with van der Waals surface area (Å²) in [6.45, 7) is 4.92. The van der Waals surface area contributed by atoms with Crippen molar-refractivity contribution in [3.8, 4) is 11.5 Å². The van der Waals surface area contributed by atoms with Crippen LogP contribution in [0.1, 0.15) is 20.8 Å². The summed E-state index contributed by atoms with van der Waals surface area (Å²) in [5.74, 6) is -0.205. The molecular formula is C15H21NO5. The standard InChI is InChI=1S/C15H21NO5/c1-10(13(17)18)16-14(19)15(2,3)9-21-12-7-5-6-11(8-12)20-4/h5-8,10H,9H2,1-4H3,(H,16,19)(H,17,18). The van der Waals surface area contributed by atoms with Gasteiger partial charge in [-0.25, -0.2) is 0 Å². The maximum atomic E-state index is 12.0. The Balaban J connectivity index is 2.62. The minimum atomic E-state index is -1.08. The number of carboxylic acids is 1. The first-order valence-electron chi connectivity index (χ1n) is 6.57. The van der Waals surface area contributed by atoms with E-state index in [0.717, 1.165) is 0 Å². The van der Waals surface area contributed by atoms with E-state index in [2.05, 4.69) is 5.32 Å². The predicted octanol–water partition coefficient (Wildman–Crippen LogP) is 1.69. The Morgan fingerprint density at radius 3 is 2.52 bits per heavy atom. The van der Waals surface area contributed by atoms with Gasteiger partial charge in [0, 0.05) is 6.07 Å². The van der Waals surface area contributed by atoms with Crippen molar-refractivity contribution >= 4 is 11.9 Å². The Morgan fingerprint density at radius 1 is 1.33 bits per heavy atom. The Hall–Kier alpha value is -2.24. The molecule has 0 saturated carbocycles. The number of carbonyl (C=O) groups excluding carboxylic acids is 1. The lowest BCUT2D eigenvalue weighted by Gasteiger charge is -2.25. The number of amides is 1. The molecule has 0 fully saturated rings. The first-order valence-corrected chi connectivity index (χ1v) is 6.57. The molecule has 0 spiro atoms. The van der Waals surface area contributed by atoms with Gasteiger partial charge in [0.1, 0.15) is 24.1 Å². The highest BCUT2D eigenvalue weighted by atomic mass is 16.5. The molecular weight excluding hydrogens is 274 g/mol. The van der Waals surface area contributed by atoms with Crippen molar-refractivity contribution in [1.82, 2.24) is 5.32 Å². The molecule has 6 heteroatoms. The summed E-state index contributed by atoms with van der Waals surface area (Å²) < 4.78 is 10.7. The number of carboxylic acid groups (broad SMARTS) is 1. The fourth-order valence-electron chi connectivity index (χ4n) is 1.47. The van der Waals surface area contributed by atoms with Gasteiger partial charge in [-0.3, -0.25) is 9.59 Å². The van der Waals surface area contributed by atoms with E-state index in [-0.39, 0.29) is 12.5 Å². The molecule has 1 amide bonds. The van der Waals surface area contributed by atoms with Crippen molar-refractivity contribution < 1.29 is 24.2 Å². The van der Waals surface area contributed by atoms with E-state index in [1.54, 1.807) is 45.2 Å². The summed E-state index contributed by atoms with van der Waals surface area (Å²) >= 11 is 0. The van der Waals surface area contributed by atoms with Crippen LogP contribution in [0.3, 0.4) is 0 Å². The summed E-state index contributed by atoms with van der Waals surface area (Å²) in [5, 5.41) is 11.2. The van der Waals surface area contributed by atoms with Gasteiger partial charge in [0.15, 0.2) is 0 Å². The highest BCUT2D eigenvalue weighted by Gasteiger charge is 2.30. The molecule has 1 rings (SSSR count). The fourth-order valence-corrected chi connectivity index (χ4v) is 1.47. The molecule has 0 radical (unpaired) electrons. The van der Waals surface area contributed by atoms with Crippen molar-refractivity contribution in [3.05, 3.63) is 24.3 Å². The predicted molar refractivity (Wildman–Crippen MR) is 77.5 cm³/mol. The third-order valence-electron chi connectivity index (χ3n) is 2.97. The number of aliphatic carboxylic acids is 1. The third kappa shape index (κ3) is 4.98. The number of methoxy groups -OCH3 is 1. The number of benzene rings is 1. The van der Waals surface area contributed by atoms with Crippen molar-refractivity contribution in [2.75, 3.05) is 13.7 Å². The molecule has 0 bridgehead atoms. The molecule has 1 aromatic rings. The lowest BCUT2D eigenvalue weighted by molar-refractivity contribution is -0.143. The zero-order valence-corrected chi connectivity index (χ0v) is 12.7. The Kier molecular flexibility index (Phi) is 5.58. The molecule has 1 aromatic carbocycles. The van der Waals surface area contributed by atoms with Gasteiger partial charge in [-0.15, -0.1) is 0 Å². The van der Waals surface area contributed by atoms with Crippen LogP contribution in [0.2, 0.25) is 0 Å². The Bertz CT molecular complexity index is 513. The second-order valence-corrected chi connectivity index (χ2v) is 5.38. The maximum Gasteiger partial charge on any atom is 0.325 e. The van der Waals surface area contributed by atoms with E-state index >= 15 is 0 Å². The van der Waals surface area contributed by atoms with E-state index in [1.807, 2.05) is 0 Å². The molecule has 116 valence electrons. The molecule has 0 aliphatic carbocycles. The van der Waals surface area contributed by atoms with E-state index in [0.29, 0.717) is 11.5 Å². The topological polar surface area (TPSA) is 84.9 Å². The first kappa shape index (κ1) is 16.8. The second-order valence-electron chi connectivity index (χ2n) is 5.38. The van der Waals surface area contributed by atoms with Gasteiger partial charge in [-0.1, -0.05) is 6.07 Å². The normalized spacial score (nSPS) is 12.4. The highest BCUT2D eigenvalue weighted by Crippen LogP contribution is 2.22. The number of hydrogen-bond acceptors (Lipinski definition) is 4. The Labute approximate surface area is 124 Å². The minimum Gasteiger partial charge on any atom is -0.497 e. The zero-order chi connectivity index (χ0) is 16.0. The van der Waals surface area contributed by atoms with Crippen LogP contribution in [0.25, 0.3) is 0 Å². The number of nitrogens with one attached hydrogen (secondary N) is 1. The largest absolute Gasteiger partial charge is 0.497 e.